The smallest absolute Gasteiger partial charge is 0.176 e. The minimum Gasteiger partial charge on any atom is -0.360 e. The number of Topliss-reactive ketones (excluding diaryl/α,β-unsaturated/α-hetero) is 1. The van der Waals surface area contributed by atoms with E-state index >= 15 is 0 Å². The molecule has 1 aromatic carbocycles. The monoisotopic (exact) mass is 208 g/mol. The molecule has 0 amide bonds. The van der Waals surface area contributed by atoms with Gasteiger partial charge in [0.15, 0.2) is 5.78 Å². The summed E-state index contributed by atoms with van der Waals surface area (Å²) in [7, 11) is 0. The Morgan fingerprint density at radius 3 is 3.00 bits per heavy atom. The van der Waals surface area contributed by atoms with Crippen molar-refractivity contribution in [2.45, 2.75) is 0 Å². The van der Waals surface area contributed by atoms with Gasteiger partial charge in [0.1, 0.15) is 0 Å². The summed E-state index contributed by atoms with van der Waals surface area (Å²) in [5, 5.41) is 1.47. The van der Waals surface area contributed by atoms with Gasteiger partial charge in [-0.2, -0.15) is 0 Å². The molecule has 0 saturated heterocycles. The predicted octanol–water partition coefficient (Wildman–Crippen LogP) is 1.96. The number of carbonyl (C=O) groups is 1. The van der Waals surface area contributed by atoms with Gasteiger partial charge in [-0.25, -0.2) is 0 Å². The van der Waals surface area contributed by atoms with Crippen molar-refractivity contribution in [3.63, 3.8) is 0 Å². The molecule has 0 fully saturated rings. The van der Waals surface area contributed by atoms with E-state index in [1.54, 1.807) is 18.3 Å². The Bertz CT molecular complexity index is 490. The number of H-pyrrole nitrogens is 1. The van der Waals surface area contributed by atoms with Gasteiger partial charge in [-0.3, -0.25) is 4.79 Å². The Morgan fingerprint density at radius 1 is 1.50 bits per heavy atom. The second-order valence-corrected chi connectivity index (χ2v) is 3.43. The highest BCUT2D eigenvalue weighted by Crippen LogP contribution is 2.23. The van der Waals surface area contributed by atoms with Crippen LogP contribution < -0.4 is 5.73 Å². The highest BCUT2D eigenvalue weighted by molar-refractivity contribution is 6.35. The van der Waals surface area contributed by atoms with Crippen molar-refractivity contribution < 1.29 is 4.79 Å². The van der Waals surface area contributed by atoms with Crippen LogP contribution in [0.2, 0.25) is 5.02 Å². The van der Waals surface area contributed by atoms with Crippen LogP contribution >= 0.6 is 11.6 Å². The third-order valence-corrected chi connectivity index (χ3v) is 2.45. The zero-order chi connectivity index (χ0) is 10.1. The molecule has 4 heteroatoms. The van der Waals surface area contributed by atoms with E-state index in [0.717, 1.165) is 10.9 Å². The second kappa shape index (κ2) is 3.44. The Hall–Kier alpha value is -1.32. The number of aromatic amines is 1. The number of aromatic nitrogens is 1. The maximum Gasteiger partial charge on any atom is 0.176 e. The lowest BCUT2D eigenvalue weighted by Crippen LogP contribution is -2.13. The third-order valence-electron chi connectivity index (χ3n) is 2.14. The topological polar surface area (TPSA) is 58.9 Å². The summed E-state index contributed by atoms with van der Waals surface area (Å²) in [4.78, 5) is 14.3. The number of benzene rings is 1. The highest BCUT2D eigenvalue weighted by Gasteiger charge is 2.06. The molecular weight excluding hydrogens is 200 g/mol. The average Bonchev–Trinajstić information content (AvgIpc) is 2.59. The fourth-order valence-corrected chi connectivity index (χ4v) is 1.59. The molecule has 72 valence electrons. The maximum absolute atomic E-state index is 11.3. The molecule has 3 N–H and O–H groups in total. The number of nitrogens with one attached hydrogen (secondary N) is 1. The van der Waals surface area contributed by atoms with Gasteiger partial charge in [0.25, 0.3) is 0 Å². The van der Waals surface area contributed by atoms with E-state index in [9.17, 15) is 4.79 Å². The Balaban J connectivity index is 2.60. The minimum absolute atomic E-state index is 0.0214. The van der Waals surface area contributed by atoms with Crippen molar-refractivity contribution in [1.82, 2.24) is 4.98 Å². The molecule has 1 heterocycles. The van der Waals surface area contributed by atoms with Gasteiger partial charge in [0.05, 0.1) is 11.6 Å². The fraction of sp³-hybridized carbons (Fsp3) is 0.100. The fourth-order valence-electron chi connectivity index (χ4n) is 1.38. The first-order valence-corrected chi connectivity index (χ1v) is 4.60. The molecule has 0 aliphatic rings. The molecule has 0 saturated carbocycles. The van der Waals surface area contributed by atoms with Gasteiger partial charge in [-0.1, -0.05) is 11.6 Å². The molecule has 0 radical (unpaired) electrons. The van der Waals surface area contributed by atoms with E-state index in [1.807, 2.05) is 6.07 Å². The number of hydrogen-bond acceptors (Lipinski definition) is 2. The number of fused-ring (bicyclic) bond motifs is 1. The summed E-state index contributed by atoms with van der Waals surface area (Å²) >= 11 is 5.92. The maximum atomic E-state index is 11.3. The quantitative estimate of drug-likeness (QED) is 0.742. The van der Waals surface area contributed by atoms with E-state index in [4.69, 9.17) is 17.3 Å². The number of carbonyl (C=O) groups excluding carboxylic acids is 1. The Labute approximate surface area is 85.9 Å². The molecule has 0 unspecified atom stereocenters. The van der Waals surface area contributed by atoms with Crippen molar-refractivity contribution in [2.24, 2.45) is 5.73 Å². The van der Waals surface area contributed by atoms with E-state index in [-0.39, 0.29) is 12.3 Å². The van der Waals surface area contributed by atoms with Crippen LogP contribution in [0.3, 0.4) is 0 Å². The van der Waals surface area contributed by atoms with E-state index < -0.39 is 0 Å². The number of nitrogens with two attached hydrogens (primary N) is 1. The van der Waals surface area contributed by atoms with Crippen molar-refractivity contribution in [1.29, 1.82) is 0 Å². The number of hydrogen-bond donors (Lipinski definition) is 2. The number of ketones is 1. The third kappa shape index (κ3) is 1.41. The summed E-state index contributed by atoms with van der Waals surface area (Å²) in [5.41, 5.74) is 6.79. The lowest BCUT2D eigenvalue weighted by molar-refractivity contribution is 0.100. The van der Waals surface area contributed by atoms with E-state index in [0.29, 0.717) is 10.6 Å². The first-order valence-electron chi connectivity index (χ1n) is 4.22. The highest BCUT2D eigenvalue weighted by atomic mass is 35.5. The van der Waals surface area contributed by atoms with E-state index in [2.05, 4.69) is 4.98 Å². The van der Waals surface area contributed by atoms with E-state index in [1.165, 1.54) is 0 Å². The molecule has 0 spiro atoms. The largest absolute Gasteiger partial charge is 0.360 e. The summed E-state index contributed by atoms with van der Waals surface area (Å²) in [6.07, 6.45) is 1.70. The number of halogens is 1. The van der Waals surface area contributed by atoms with Crippen LogP contribution in [0.1, 0.15) is 10.4 Å². The lowest BCUT2D eigenvalue weighted by Gasteiger charge is -1.97. The van der Waals surface area contributed by atoms with Crippen LogP contribution in [0, 0.1) is 0 Å². The molecule has 0 bridgehead atoms. The van der Waals surface area contributed by atoms with Crippen molar-refractivity contribution >= 4 is 28.3 Å². The van der Waals surface area contributed by atoms with Gasteiger partial charge >= 0.3 is 0 Å². The molecule has 14 heavy (non-hydrogen) atoms. The molecular formula is C10H9ClN2O. The normalized spacial score (nSPS) is 10.7. The molecule has 0 aliphatic carbocycles. The molecule has 3 nitrogen and oxygen atoms in total. The van der Waals surface area contributed by atoms with Gasteiger partial charge in [-0.15, -0.1) is 0 Å². The van der Waals surface area contributed by atoms with Gasteiger partial charge in [0, 0.05) is 22.7 Å². The second-order valence-electron chi connectivity index (χ2n) is 3.02. The minimum atomic E-state index is -0.0795. The predicted molar refractivity (Wildman–Crippen MR) is 56.7 cm³/mol. The summed E-state index contributed by atoms with van der Waals surface area (Å²) < 4.78 is 0. The molecule has 0 aliphatic heterocycles. The van der Waals surface area contributed by atoms with Crippen LogP contribution in [0.5, 0.6) is 0 Å². The Kier molecular flexibility index (Phi) is 2.27. The lowest BCUT2D eigenvalue weighted by atomic mass is 10.1. The summed E-state index contributed by atoms with van der Waals surface area (Å²) in [6, 6.07) is 5.32. The molecule has 2 aromatic rings. The SMILES string of the molecule is NCC(=O)c1ccc2[nH]cc(Cl)c2c1. The standard InChI is InChI=1S/C10H9ClN2O/c11-8-5-13-9-2-1-6(3-7(8)9)10(14)4-12/h1-3,5,13H,4,12H2. The zero-order valence-electron chi connectivity index (χ0n) is 7.38. The summed E-state index contributed by atoms with van der Waals surface area (Å²) in [5.74, 6) is -0.0795. The first kappa shape index (κ1) is 9.24. The Morgan fingerprint density at radius 2 is 2.29 bits per heavy atom. The van der Waals surface area contributed by atoms with Crippen molar-refractivity contribution in [2.75, 3.05) is 6.54 Å². The van der Waals surface area contributed by atoms with Crippen LogP contribution in [-0.4, -0.2) is 17.3 Å². The first-order chi connectivity index (χ1) is 6.72. The summed E-state index contributed by atoms with van der Waals surface area (Å²) in [6.45, 7) is 0.0214. The van der Waals surface area contributed by atoms with Crippen LogP contribution in [0.15, 0.2) is 24.4 Å². The van der Waals surface area contributed by atoms with Gasteiger partial charge < -0.3 is 10.7 Å². The van der Waals surface area contributed by atoms with Crippen LogP contribution in [-0.2, 0) is 0 Å². The zero-order valence-corrected chi connectivity index (χ0v) is 8.14. The van der Waals surface area contributed by atoms with Crippen LogP contribution in [0.4, 0.5) is 0 Å². The van der Waals surface area contributed by atoms with Gasteiger partial charge in [0.2, 0.25) is 0 Å². The molecule has 1 aromatic heterocycles. The van der Waals surface area contributed by atoms with Crippen molar-refractivity contribution in [3.05, 3.63) is 35.0 Å². The van der Waals surface area contributed by atoms with Gasteiger partial charge in [-0.05, 0) is 18.2 Å². The number of rotatable bonds is 2. The average molecular weight is 209 g/mol. The van der Waals surface area contributed by atoms with Crippen LogP contribution in [0.25, 0.3) is 10.9 Å². The molecule has 0 atom stereocenters. The van der Waals surface area contributed by atoms with Crippen molar-refractivity contribution in [3.8, 4) is 0 Å². The molecule has 2 rings (SSSR count).